The maximum Gasteiger partial charge on any atom is 0.252 e. The molecule has 0 fully saturated rings. The molecule has 4 heterocycles. The molecule has 0 amide bonds. The highest BCUT2D eigenvalue weighted by atomic mass is 16.7. The molecular formula is C68H61BN2O3. The Kier molecular flexibility index (Phi) is 10.2. The van der Waals surface area contributed by atoms with Crippen LogP contribution in [0.15, 0.2) is 180 Å². The molecule has 1 aromatic heterocycles. The Hall–Kier alpha value is -7.96. The van der Waals surface area contributed by atoms with Crippen LogP contribution in [0.2, 0.25) is 0 Å². The summed E-state index contributed by atoms with van der Waals surface area (Å²) in [5.74, 6) is 1.54. The fourth-order valence-electron chi connectivity index (χ4n) is 11.7. The van der Waals surface area contributed by atoms with Gasteiger partial charge >= 0.3 is 0 Å². The number of furan rings is 1. The van der Waals surface area contributed by atoms with E-state index in [0.717, 1.165) is 89.8 Å². The molecule has 6 heteroatoms. The second kappa shape index (κ2) is 16.5. The van der Waals surface area contributed by atoms with Crippen LogP contribution in [0.4, 0.5) is 34.1 Å². The van der Waals surface area contributed by atoms with Crippen molar-refractivity contribution in [2.24, 2.45) is 0 Å². The molecule has 0 saturated carbocycles. The molecule has 0 spiro atoms. The van der Waals surface area contributed by atoms with Crippen LogP contribution < -0.4 is 35.7 Å². The molecular weight excluding hydrogens is 904 g/mol. The van der Waals surface area contributed by atoms with Gasteiger partial charge in [0.25, 0.3) is 6.71 Å². The Balaban J connectivity index is 1.08. The number of para-hydroxylation sites is 1. The van der Waals surface area contributed by atoms with E-state index in [9.17, 15) is 0 Å². The molecule has 10 aromatic rings. The third kappa shape index (κ3) is 7.60. The van der Waals surface area contributed by atoms with Gasteiger partial charge in [0.1, 0.15) is 11.2 Å². The lowest BCUT2D eigenvalue weighted by atomic mass is 9.33. The third-order valence-electron chi connectivity index (χ3n) is 15.8. The number of nitrogens with zero attached hydrogens (tertiary/aromatic N) is 2. The first-order chi connectivity index (χ1) is 35.4. The normalized spacial score (nSPS) is 13.9. The van der Waals surface area contributed by atoms with Crippen LogP contribution in [0.25, 0.3) is 55.3 Å². The Morgan fingerprint density at radius 2 is 0.892 bits per heavy atom. The van der Waals surface area contributed by atoms with Crippen LogP contribution in [-0.4, -0.2) is 13.5 Å². The summed E-state index contributed by atoms with van der Waals surface area (Å²) in [6.07, 6.45) is 0. The summed E-state index contributed by atoms with van der Waals surface area (Å²) in [6, 6.07) is 66.1. The quantitative estimate of drug-likeness (QED) is 0.161. The van der Waals surface area contributed by atoms with Gasteiger partial charge in [0.15, 0.2) is 11.5 Å². The van der Waals surface area contributed by atoms with E-state index in [1.807, 2.05) is 6.07 Å². The van der Waals surface area contributed by atoms with Gasteiger partial charge in [-0.1, -0.05) is 159 Å². The summed E-state index contributed by atoms with van der Waals surface area (Å²) in [5.41, 5.74) is 24.2. The van der Waals surface area contributed by atoms with Crippen molar-refractivity contribution in [1.82, 2.24) is 0 Å². The van der Waals surface area contributed by atoms with Crippen LogP contribution in [0.3, 0.4) is 0 Å². The smallest absolute Gasteiger partial charge is 0.252 e. The van der Waals surface area contributed by atoms with E-state index in [1.165, 1.54) is 49.8 Å². The Morgan fingerprint density at radius 1 is 0.392 bits per heavy atom. The van der Waals surface area contributed by atoms with Crippen molar-refractivity contribution < 1.29 is 13.9 Å². The van der Waals surface area contributed by atoms with Crippen molar-refractivity contribution in [2.45, 2.75) is 85.5 Å². The summed E-state index contributed by atoms with van der Waals surface area (Å²) < 4.78 is 18.9. The molecule has 0 saturated heterocycles. The molecule has 364 valence electrons. The molecule has 9 aromatic carbocycles. The monoisotopic (exact) mass is 964 g/mol. The van der Waals surface area contributed by atoms with E-state index >= 15 is 0 Å². The van der Waals surface area contributed by atoms with Gasteiger partial charge in [-0.3, -0.25) is 0 Å². The van der Waals surface area contributed by atoms with Crippen LogP contribution in [0, 0.1) is 6.92 Å². The molecule has 0 unspecified atom stereocenters. The average Bonchev–Trinajstić information content (AvgIpc) is 4.01. The first-order valence-corrected chi connectivity index (χ1v) is 26.2. The number of benzene rings is 9. The predicted octanol–water partition coefficient (Wildman–Crippen LogP) is 16.6. The minimum absolute atomic E-state index is 0.00939. The van der Waals surface area contributed by atoms with Gasteiger partial charge in [-0.2, -0.15) is 0 Å². The van der Waals surface area contributed by atoms with Crippen molar-refractivity contribution in [2.75, 3.05) is 16.6 Å². The van der Waals surface area contributed by atoms with E-state index in [-0.39, 0.29) is 29.8 Å². The van der Waals surface area contributed by atoms with Crippen molar-refractivity contribution in [1.29, 1.82) is 0 Å². The van der Waals surface area contributed by atoms with E-state index < -0.39 is 0 Å². The summed E-state index contributed by atoms with van der Waals surface area (Å²) in [4.78, 5) is 5.02. The van der Waals surface area contributed by atoms with E-state index in [4.69, 9.17) is 13.9 Å². The predicted molar refractivity (Wildman–Crippen MR) is 311 cm³/mol. The molecule has 0 atom stereocenters. The van der Waals surface area contributed by atoms with Crippen LogP contribution >= 0.6 is 0 Å². The largest absolute Gasteiger partial charge is 0.456 e. The lowest BCUT2D eigenvalue weighted by Gasteiger charge is -2.44. The van der Waals surface area contributed by atoms with E-state index in [0.29, 0.717) is 0 Å². The third-order valence-corrected chi connectivity index (χ3v) is 15.8. The summed E-state index contributed by atoms with van der Waals surface area (Å²) in [6.45, 7) is 22.8. The summed E-state index contributed by atoms with van der Waals surface area (Å²) in [5, 5.41) is 2.24. The number of anilines is 6. The lowest BCUT2D eigenvalue weighted by Crippen LogP contribution is -2.61. The van der Waals surface area contributed by atoms with Crippen LogP contribution in [0.1, 0.15) is 84.6 Å². The van der Waals surface area contributed by atoms with Crippen molar-refractivity contribution in [3.8, 4) is 44.9 Å². The van der Waals surface area contributed by atoms with Crippen molar-refractivity contribution >= 4 is 79.2 Å². The van der Waals surface area contributed by atoms with Crippen molar-refractivity contribution in [3.63, 3.8) is 0 Å². The van der Waals surface area contributed by atoms with Crippen LogP contribution in [-0.2, 0) is 16.2 Å². The molecule has 13 rings (SSSR count). The molecule has 0 aliphatic carbocycles. The fourth-order valence-corrected chi connectivity index (χ4v) is 11.7. The first kappa shape index (κ1) is 45.9. The number of aryl methyl sites for hydroxylation is 1. The van der Waals surface area contributed by atoms with Gasteiger partial charge in [-0.05, 0) is 168 Å². The zero-order valence-corrected chi connectivity index (χ0v) is 44.1. The zero-order valence-electron chi connectivity index (χ0n) is 44.1. The second-order valence-electron chi connectivity index (χ2n) is 23.9. The average molecular weight is 965 g/mol. The summed E-state index contributed by atoms with van der Waals surface area (Å²) >= 11 is 0. The minimum atomic E-state index is -0.120. The van der Waals surface area contributed by atoms with Gasteiger partial charge in [-0.25, -0.2) is 0 Å². The number of hydrogen-bond donors (Lipinski definition) is 0. The number of ether oxygens (including phenoxy) is 2. The maximum absolute atomic E-state index is 6.50. The maximum atomic E-state index is 6.50. The Bertz CT molecular complexity index is 3810. The van der Waals surface area contributed by atoms with Gasteiger partial charge in [0.05, 0.1) is 0 Å². The van der Waals surface area contributed by atoms with Crippen molar-refractivity contribution in [3.05, 3.63) is 198 Å². The highest BCUT2D eigenvalue weighted by Crippen LogP contribution is 2.49. The minimum Gasteiger partial charge on any atom is -0.456 e. The summed E-state index contributed by atoms with van der Waals surface area (Å²) in [7, 11) is 0. The van der Waals surface area contributed by atoms with Gasteiger partial charge in [0, 0.05) is 51.0 Å². The lowest BCUT2D eigenvalue weighted by molar-refractivity contribution is 0.174. The second-order valence-corrected chi connectivity index (χ2v) is 23.9. The molecule has 3 aliphatic heterocycles. The number of hydrogen-bond acceptors (Lipinski definition) is 5. The molecule has 3 aliphatic rings. The first-order valence-electron chi connectivity index (χ1n) is 26.2. The molecule has 74 heavy (non-hydrogen) atoms. The zero-order chi connectivity index (χ0) is 51.0. The standard InChI is InChI=1S/C68H61BN2O3/c1-41-31-59-65-60(32-41)71(52-34-46(42-15-21-48(22-16-42)66(2,3)4)33-47(35-52)43-17-23-49(24-18-43)67(5,6)7)57-36-44(45-19-29-54-53-13-11-12-14-61(53)74-62(54)37-45)20-30-55(57)69(65)56-38-63-64(73-40-72-63)39-58(56)70(59)51-27-25-50(26-28-51)68(8,9)10/h11-39H,40H2,1-10H3. The van der Waals surface area contributed by atoms with E-state index in [2.05, 4.69) is 249 Å². The molecule has 0 radical (unpaired) electrons. The fraction of sp³-hybridized carbons (Fsp3) is 0.206. The highest BCUT2D eigenvalue weighted by Gasteiger charge is 2.45. The Labute approximate surface area is 436 Å². The van der Waals surface area contributed by atoms with E-state index in [1.54, 1.807) is 0 Å². The van der Waals surface area contributed by atoms with Gasteiger partial charge < -0.3 is 23.7 Å². The van der Waals surface area contributed by atoms with Crippen LogP contribution in [0.5, 0.6) is 11.5 Å². The number of fused-ring (bicyclic) bond motifs is 8. The molecule has 5 nitrogen and oxygen atoms in total. The Morgan fingerprint density at radius 3 is 1.50 bits per heavy atom. The SMILES string of the molecule is Cc1cc2c3c(c1)N(c1ccc(C(C)(C)C)cc1)c1cc4c(cc1B3c1ccc(-c3ccc5c(c3)oc3ccccc35)cc1N2c1cc(-c2ccc(C(C)(C)C)cc2)cc(-c2ccc(C(C)(C)C)cc2)c1)OCO4. The molecule has 0 bridgehead atoms. The number of rotatable bonds is 5. The van der Waals surface area contributed by atoms with Gasteiger partial charge in [-0.15, -0.1) is 0 Å². The van der Waals surface area contributed by atoms with Gasteiger partial charge in [0.2, 0.25) is 6.79 Å². The highest BCUT2D eigenvalue weighted by molar-refractivity contribution is 7.00. The molecule has 0 N–H and O–H groups in total. The topological polar surface area (TPSA) is 38.1 Å².